The minimum atomic E-state index is -0.715. The van der Waals surface area contributed by atoms with Crippen LogP contribution in [0.1, 0.15) is 20.8 Å². The summed E-state index contributed by atoms with van der Waals surface area (Å²) in [5, 5.41) is 17.5. The van der Waals surface area contributed by atoms with Crippen LogP contribution >= 0.6 is 0 Å². The standard InChI is InChI=1S/C10H17N3O/c1-4-13(8-10(2,3)14)9-6-5-7-11-12-9/h5-7,14H,4,8H2,1-3H3. The van der Waals surface area contributed by atoms with Crippen LogP contribution in [0.5, 0.6) is 0 Å². The van der Waals surface area contributed by atoms with E-state index in [9.17, 15) is 5.11 Å². The molecule has 0 aliphatic heterocycles. The summed E-state index contributed by atoms with van der Waals surface area (Å²) in [6, 6.07) is 3.73. The van der Waals surface area contributed by atoms with Gasteiger partial charge in [-0.15, -0.1) is 5.10 Å². The van der Waals surface area contributed by atoms with E-state index in [4.69, 9.17) is 0 Å². The van der Waals surface area contributed by atoms with Crippen molar-refractivity contribution in [3.8, 4) is 0 Å². The van der Waals surface area contributed by atoms with Crippen LogP contribution in [0, 0.1) is 0 Å². The highest BCUT2D eigenvalue weighted by molar-refractivity contribution is 5.36. The lowest BCUT2D eigenvalue weighted by Crippen LogP contribution is -2.39. The smallest absolute Gasteiger partial charge is 0.151 e. The van der Waals surface area contributed by atoms with Crippen molar-refractivity contribution in [3.63, 3.8) is 0 Å². The first kappa shape index (κ1) is 10.9. The van der Waals surface area contributed by atoms with Crippen LogP contribution in [0.4, 0.5) is 5.82 Å². The van der Waals surface area contributed by atoms with Crippen molar-refractivity contribution in [3.05, 3.63) is 18.3 Å². The Hall–Kier alpha value is -1.16. The van der Waals surface area contributed by atoms with Crippen LogP contribution in [0.25, 0.3) is 0 Å². The first-order valence-electron chi connectivity index (χ1n) is 4.78. The van der Waals surface area contributed by atoms with Gasteiger partial charge in [-0.05, 0) is 32.9 Å². The molecule has 0 fully saturated rings. The first-order valence-corrected chi connectivity index (χ1v) is 4.78. The zero-order chi connectivity index (χ0) is 10.6. The van der Waals surface area contributed by atoms with Gasteiger partial charge in [0.05, 0.1) is 5.60 Å². The Labute approximate surface area is 84.6 Å². The van der Waals surface area contributed by atoms with Crippen molar-refractivity contribution in [2.45, 2.75) is 26.4 Å². The average Bonchev–Trinajstić information content (AvgIpc) is 2.14. The summed E-state index contributed by atoms with van der Waals surface area (Å²) in [6.07, 6.45) is 1.64. The van der Waals surface area contributed by atoms with Crippen LogP contribution in [-0.2, 0) is 0 Å². The molecule has 4 nitrogen and oxygen atoms in total. The van der Waals surface area contributed by atoms with Crippen LogP contribution in [0.15, 0.2) is 18.3 Å². The molecule has 0 unspecified atom stereocenters. The van der Waals surface area contributed by atoms with Gasteiger partial charge < -0.3 is 10.0 Å². The fraction of sp³-hybridized carbons (Fsp3) is 0.600. The maximum atomic E-state index is 9.69. The number of hydrogen-bond donors (Lipinski definition) is 1. The molecular formula is C10H17N3O. The van der Waals surface area contributed by atoms with Crippen molar-refractivity contribution in [2.24, 2.45) is 0 Å². The summed E-state index contributed by atoms with van der Waals surface area (Å²) >= 11 is 0. The number of hydrogen-bond acceptors (Lipinski definition) is 4. The monoisotopic (exact) mass is 195 g/mol. The minimum absolute atomic E-state index is 0.558. The molecule has 1 aromatic heterocycles. The Balaban J connectivity index is 2.73. The quantitative estimate of drug-likeness (QED) is 0.781. The highest BCUT2D eigenvalue weighted by Gasteiger charge is 2.18. The van der Waals surface area contributed by atoms with E-state index in [0.717, 1.165) is 12.4 Å². The number of nitrogens with zero attached hydrogens (tertiary/aromatic N) is 3. The molecule has 0 bridgehead atoms. The second-order valence-electron chi connectivity index (χ2n) is 3.91. The van der Waals surface area contributed by atoms with Gasteiger partial charge >= 0.3 is 0 Å². The zero-order valence-corrected chi connectivity index (χ0v) is 8.94. The highest BCUT2D eigenvalue weighted by Crippen LogP contribution is 2.12. The molecule has 0 amide bonds. The highest BCUT2D eigenvalue weighted by atomic mass is 16.3. The molecule has 0 saturated carbocycles. The van der Waals surface area contributed by atoms with Crippen molar-refractivity contribution in [1.29, 1.82) is 0 Å². The minimum Gasteiger partial charge on any atom is -0.389 e. The molecule has 0 saturated heterocycles. The third kappa shape index (κ3) is 3.30. The summed E-state index contributed by atoms with van der Waals surface area (Å²) in [4.78, 5) is 1.99. The molecule has 1 aromatic rings. The van der Waals surface area contributed by atoms with E-state index in [1.807, 2.05) is 24.0 Å². The van der Waals surface area contributed by atoms with Gasteiger partial charge in [-0.25, -0.2) is 0 Å². The van der Waals surface area contributed by atoms with E-state index in [1.165, 1.54) is 0 Å². The van der Waals surface area contributed by atoms with Crippen molar-refractivity contribution >= 4 is 5.82 Å². The van der Waals surface area contributed by atoms with Gasteiger partial charge in [0.15, 0.2) is 5.82 Å². The average molecular weight is 195 g/mol. The fourth-order valence-corrected chi connectivity index (χ4v) is 1.28. The second kappa shape index (κ2) is 4.37. The van der Waals surface area contributed by atoms with Crippen LogP contribution in [-0.4, -0.2) is 34.0 Å². The van der Waals surface area contributed by atoms with Gasteiger partial charge in [-0.3, -0.25) is 0 Å². The zero-order valence-electron chi connectivity index (χ0n) is 8.94. The lowest BCUT2D eigenvalue weighted by atomic mass is 10.1. The topological polar surface area (TPSA) is 49.2 Å². The molecule has 0 radical (unpaired) electrons. The predicted molar refractivity (Wildman–Crippen MR) is 56.2 cm³/mol. The lowest BCUT2D eigenvalue weighted by Gasteiger charge is -2.28. The molecular weight excluding hydrogens is 178 g/mol. The van der Waals surface area contributed by atoms with Crippen LogP contribution in [0.3, 0.4) is 0 Å². The third-order valence-electron chi connectivity index (χ3n) is 1.84. The van der Waals surface area contributed by atoms with Crippen molar-refractivity contribution in [2.75, 3.05) is 18.0 Å². The van der Waals surface area contributed by atoms with Gasteiger partial charge in [0.1, 0.15) is 0 Å². The number of aliphatic hydroxyl groups is 1. The molecule has 1 N–H and O–H groups in total. The Bertz CT molecular complexity index is 268. The summed E-state index contributed by atoms with van der Waals surface area (Å²) in [5.41, 5.74) is -0.715. The fourth-order valence-electron chi connectivity index (χ4n) is 1.28. The molecule has 0 aliphatic rings. The van der Waals surface area contributed by atoms with Crippen LogP contribution < -0.4 is 4.90 Å². The molecule has 0 spiro atoms. The largest absolute Gasteiger partial charge is 0.389 e. The molecule has 0 aliphatic carbocycles. The number of rotatable bonds is 4. The molecule has 0 atom stereocenters. The predicted octanol–water partition coefficient (Wildman–Crippen LogP) is 1.07. The summed E-state index contributed by atoms with van der Waals surface area (Å²) in [7, 11) is 0. The Kier molecular flexibility index (Phi) is 3.41. The second-order valence-corrected chi connectivity index (χ2v) is 3.91. The molecule has 78 valence electrons. The van der Waals surface area contributed by atoms with Gasteiger partial charge in [0, 0.05) is 19.3 Å². The molecule has 0 aromatic carbocycles. The maximum Gasteiger partial charge on any atom is 0.151 e. The Morgan fingerprint density at radius 3 is 2.64 bits per heavy atom. The van der Waals surface area contributed by atoms with E-state index >= 15 is 0 Å². The first-order chi connectivity index (χ1) is 6.53. The van der Waals surface area contributed by atoms with Crippen molar-refractivity contribution < 1.29 is 5.11 Å². The Morgan fingerprint density at radius 2 is 2.21 bits per heavy atom. The van der Waals surface area contributed by atoms with Gasteiger partial charge in [-0.2, -0.15) is 5.10 Å². The summed E-state index contributed by atoms with van der Waals surface area (Å²) in [6.45, 7) is 6.96. The summed E-state index contributed by atoms with van der Waals surface area (Å²) in [5.74, 6) is 0.803. The van der Waals surface area contributed by atoms with E-state index in [1.54, 1.807) is 20.0 Å². The van der Waals surface area contributed by atoms with E-state index < -0.39 is 5.60 Å². The van der Waals surface area contributed by atoms with Gasteiger partial charge in [0.2, 0.25) is 0 Å². The van der Waals surface area contributed by atoms with Gasteiger partial charge in [-0.1, -0.05) is 0 Å². The Morgan fingerprint density at radius 1 is 1.50 bits per heavy atom. The SMILES string of the molecule is CCN(CC(C)(C)O)c1cccnn1. The van der Waals surface area contributed by atoms with Crippen molar-refractivity contribution in [1.82, 2.24) is 10.2 Å². The number of likely N-dealkylation sites (N-methyl/N-ethyl adjacent to an activating group) is 1. The van der Waals surface area contributed by atoms with E-state index in [2.05, 4.69) is 10.2 Å². The van der Waals surface area contributed by atoms with E-state index in [-0.39, 0.29) is 0 Å². The number of aromatic nitrogens is 2. The molecule has 1 heterocycles. The molecule has 4 heteroatoms. The van der Waals surface area contributed by atoms with E-state index in [0.29, 0.717) is 6.54 Å². The normalized spacial score (nSPS) is 11.4. The maximum absolute atomic E-state index is 9.69. The third-order valence-corrected chi connectivity index (χ3v) is 1.84. The number of anilines is 1. The molecule has 14 heavy (non-hydrogen) atoms. The van der Waals surface area contributed by atoms with Gasteiger partial charge in [0.25, 0.3) is 0 Å². The molecule has 1 rings (SSSR count). The van der Waals surface area contributed by atoms with Crippen LogP contribution in [0.2, 0.25) is 0 Å². The lowest BCUT2D eigenvalue weighted by molar-refractivity contribution is 0.0874. The summed E-state index contributed by atoms with van der Waals surface area (Å²) < 4.78 is 0.